The fourth-order valence-corrected chi connectivity index (χ4v) is 2.91. The number of nitrogens with one attached hydrogen (secondary N) is 1. The third-order valence-electron chi connectivity index (χ3n) is 3.61. The van der Waals surface area contributed by atoms with Gasteiger partial charge in [-0.1, -0.05) is 22.0 Å². The molecule has 0 atom stereocenters. The fourth-order valence-electron chi connectivity index (χ4n) is 2.55. The predicted octanol–water partition coefficient (Wildman–Crippen LogP) is 3.03. The van der Waals surface area contributed by atoms with Gasteiger partial charge in [-0.3, -0.25) is 0 Å². The highest BCUT2D eigenvalue weighted by Gasteiger charge is 2.40. The average molecular weight is 298 g/mol. The molecule has 0 radical (unpaired) electrons. The lowest BCUT2D eigenvalue weighted by Gasteiger charge is -2.43. The Morgan fingerprint density at radius 1 is 1.41 bits per heavy atom. The lowest BCUT2D eigenvalue weighted by atomic mass is 9.73. The van der Waals surface area contributed by atoms with Crippen LogP contribution in [-0.2, 0) is 10.2 Å². The summed E-state index contributed by atoms with van der Waals surface area (Å²) in [5, 5.41) is 3.22. The van der Waals surface area contributed by atoms with Crippen LogP contribution in [0.3, 0.4) is 0 Å². The van der Waals surface area contributed by atoms with E-state index in [1.165, 1.54) is 24.0 Å². The summed E-state index contributed by atoms with van der Waals surface area (Å²) in [6, 6.07) is 6.56. The molecular weight excluding hydrogens is 278 g/mol. The molecule has 1 aliphatic heterocycles. The molecule has 0 amide bonds. The first kappa shape index (κ1) is 13.1. The topological polar surface area (TPSA) is 21.3 Å². The standard InChI is InChI=1S/C14H20BrNO/c1-11-4-5-12(15)8-13(11)14(9-17-10-14)6-3-7-16-2/h4-5,8,16H,3,6-7,9-10H2,1-2H3. The number of benzene rings is 1. The molecule has 2 rings (SSSR count). The first-order valence-electron chi connectivity index (χ1n) is 6.17. The summed E-state index contributed by atoms with van der Waals surface area (Å²) in [7, 11) is 2.01. The van der Waals surface area contributed by atoms with Crippen LogP contribution in [0, 0.1) is 6.92 Å². The molecule has 0 aromatic heterocycles. The molecule has 2 nitrogen and oxygen atoms in total. The van der Waals surface area contributed by atoms with E-state index in [9.17, 15) is 0 Å². The summed E-state index contributed by atoms with van der Waals surface area (Å²) in [5.41, 5.74) is 3.08. The molecule has 1 saturated heterocycles. The molecule has 3 heteroatoms. The zero-order valence-corrected chi connectivity index (χ0v) is 12.1. The Bertz CT molecular complexity index is 388. The van der Waals surface area contributed by atoms with E-state index in [-0.39, 0.29) is 5.41 Å². The molecule has 17 heavy (non-hydrogen) atoms. The smallest absolute Gasteiger partial charge is 0.0585 e. The van der Waals surface area contributed by atoms with Crippen molar-refractivity contribution in [3.63, 3.8) is 0 Å². The third-order valence-corrected chi connectivity index (χ3v) is 4.10. The van der Waals surface area contributed by atoms with Crippen LogP contribution in [0.25, 0.3) is 0 Å². The zero-order chi connectivity index (χ0) is 12.3. The van der Waals surface area contributed by atoms with Gasteiger partial charge in [0, 0.05) is 9.89 Å². The van der Waals surface area contributed by atoms with Crippen LogP contribution in [0.2, 0.25) is 0 Å². The molecular formula is C14H20BrNO. The van der Waals surface area contributed by atoms with Crippen molar-refractivity contribution in [2.45, 2.75) is 25.2 Å². The van der Waals surface area contributed by atoms with Crippen molar-refractivity contribution in [1.29, 1.82) is 0 Å². The van der Waals surface area contributed by atoms with E-state index in [4.69, 9.17) is 4.74 Å². The molecule has 0 unspecified atom stereocenters. The summed E-state index contributed by atoms with van der Waals surface area (Å²) >= 11 is 3.57. The molecule has 1 N–H and O–H groups in total. The Balaban J connectivity index is 2.18. The number of hydrogen-bond acceptors (Lipinski definition) is 2. The zero-order valence-electron chi connectivity index (χ0n) is 10.6. The highest BCUT2D eigenvalue weighted by Crippen LogP contribution is 2.39. The fraction of sp³-hybridized carbons (Fsp3) is 0.571. The van der Waals surface area contributed by atoms with Gasteiger partial charge in [-0.15, -0.1) is 0 Å². The molecule has 0 spiro atoms. The molecule has 0 bridgehead atoms. The Morgan fingerprint density at radius 3 is 2.76 bits per heavy atom. The van der Waals surface area contributed by atoms with Crippen LogP contribution in [0.15, 0.2) is 22.7 Å². The van der Waals surface area contributed by atoms with Crippen LogP contribution in [0.4, 0.5) is 0 Å². The summed E-state index contributed by atoms with van der Waals surface area (Å²) in [5.74, 6) is 0. The van der Waals surface area contributed by atoms with Crippen LogP contribution in [0.1, 0.15) is 24.0 Å². The van der Waals surface area contributed by atoms with Crippen molar-refractivity contribution in [2.75, 3.05) is 26.8 Å². The van der Waals surface area contributed by atoms with Gasteiger partial charge < -0.3 is 10.1 Å². The molecule has 0 aliphatic carbocycles. The Labute approximate surface area is 112 Å². The van der Waals surface area contributed by atoms with Gasteiger partial charge >= 0.3 is 0 Å². The molecule has 1 aliphatic rings. The number of hydrogen-bond donors (Lipinski definition) is 1. The van der Waals surface area contributed by atoms with E-state index in [2.05, 4.69) is 46.4 Å². The van der Waals surface area contributed by atoms with E-state index in [0.29, 0.717) is 0 Å². The molecule has 1 aromatic carbocycles. The van der Waals surface area contributed by atoms with Crippen LogP contribution < -0.4 is 5.32 Å². The van der Waals surface area contributed by atoms with Gasteiger partial charge in [-0.2, -0.15) is 0 Å². The van der Waals surface area contributed by atoms with Gasteiger partial charge in [-0.05, 0) is 56.6 Å². The van der Waals surface area contributed by atoms with Crippen molar-refractivity contribution in [1.82, 2.24) is 5.32 Å². The molecule has 0 saturated carbocycles. The predicted molar refractivity (Wildman–Crippen MR) is 74.5 cm³/mol. The van der Waals surface area contributed by atoms with Gasteiger partial charge in [0.05, 0.1) is 13.2 Å². The number of halogens is 1. The first-order valence-corrected chi connectivity index (χ1v) is 6.96. The van der Waals surface area contributed by atoms with E-state index in [1.807, 2.05) is 7.05 Å². The van der Waals surface area contributed by atoms with Gasteiger partial charge in [0.2, 0.25) is 0 Å². The number of aryl methyl sites for hydroxylation is 1. The Kier molecular flexibility index (Phi) is 4.23. The highest BCUT2D eigenvalue weighted by molar-refractivity contribution is 9.10. The first-order chi connectivity index (χ1) is 8.18. The average Bonchev–Trinajstić information content (AvgIpc) is 2.26. The van der Waals surface area contributed by atoms with Gasteiger partial charge in [-0.25, -0.2) is 0 Å². The maximum atomic E-state index is 5.48. The van der Waals surface area contributed by atoms with Crippen molar-refractivity contribution in [3.8, 4) is 0 Å². The maximum absolute atomic E-state index is 5.48. The minimum atomic E-state index is 0.255. The van der Waals surface area contributed by atoms with E-state index in [1.54, 1.807) is 0 Å². The molecule has 94 valence electrons. The third kappa shape index (κ3) is 2.72. The van der Waals surface area contributed by atoms with Gasteiger partial charge in [0.1, 0.15) is 0 Å². The second-order valence-corrected chi connectivity index (χ2v) is 5.86. The van der Waals surface area contributed by atoms with E-state index >= 15 is 0 Å². The molecule has 1 aromatic rings. The van der Waals surface area contributed by atoms with Gasteiger partial charge in [0.25, 0.3) is 0 Å². The lowest BCUT2D eigenvalue weighted by Crippen LogP contribution is -2.47. The summed E-state index contributed by atoms with van der Waals surface area (Å²) < 4.78 is 6.65. The van der Waals surface area contributed by atoms with Crippen molar-refractivity contribution < 1.29 is 4.74 Å². The number of rotatable bonds is 5. The van der Waals surface area contributed by atoms with E-state index in [0.717, 1.165) is 24.2 Å². The lowest BCUT2D eigenvalue weighted by molar-refractivity contribution is -0.0653. The minimum absolute atomic E-state index is 0.255. The summed E-state index contributed by atoms with van der Waals surface area (Å²) in [6.07, 6.45) is 2.40. The largest absolute Gasteiger partial charge is 0.379 e. The summed E-state index contributed by atoms with van der Waals surface area (Å²) in [6.45, 7) is 5.01. The maximum Gasteiger partial charge on any atom is 0.0585 e. The number of ether oxygens (including phenoxy) is 1. The van der Waals surface area contributed by atoms with Crippen molar-refractivity contribution in [2.24, 2.45) is 0 Å². The minimum Gasteiger partial charge on any atom is -0.379 e. The second kappa shape index (κ2) is 5.51. The Morgan fingerprint density at radius 2 is 2.18 bits per heavy atom. The molecule has 1 fully saturated rings. The quantitative estimate of drug-likeness (QED) is 0.844. The van der Waals surface area contributed by atoms with Gasteiger partial charge in [0.15, 0.2) is 0 Å². The van der Waals surface area contributed by atoms with Crippen LogP contribution >= 0.6 is 15.9 Å². The monoisotopic (exact) mass is 297 g/mol. The molecule has 1 heterocycles. The normalized spacial score (nSPS) is 17.8. The highest BCUT2D eigenvalue weighted by atomic mass is 79.9. The van der Waals surface area contributed by atoms with E-state index < -0.39 is 0 Å². The van der Waals surface area contributed by atoms with Crippen LogP contribution in [0.5, 0.6) is 0 Å². The second-order valence-electron chi connectivity index (χ2n) is 4.94. The van der Waals surface area contributed by atoms with Crippen LogP contribution in [-0.4, -0.2) is 26.8 Å². The SMILES string of the molecule is CNCCCC1(c2cc(Br)ccc2C)COC1. The summed E-state index contributed by atoms with van der Waals surface area (Å²) in [4.78, 5) is 0. The van der Waals surface area contributed by atoms with Crippen molar-refractivity contribution >= 4 is 15.9 Å². The van der Waals surface area contributed by atoms with Crippen molar-refractivity contribution in [3.05, 3.63) is 33.8 Å². The Hall–Kier alpha value is -0.380.